The van der Waals surface area contributed by atoms with Crippen LogP contribution in [0.4, 0.5) is 19.0 Å². The Morgan fingerprint density at radius 3 is 2.69 bits per heavy atom. The van der Waals surface area contributed by atoms with Gasteiger partial charge in [0.05, 0.1) is 5.02 Å². The molecule has 0 saturated carbocycles. The Kier molecular flexibility index (Phi) is 6.32. The topological polar surface area (TPSA) is 37.0 Å². The number of nitrogens with zero attached hydrogens (tertiary/aromatic N) is 1. The van der Waals surface area contributed by atoms with E-state index in [9.17, 15) is 13.2 Å². The Bertz CT molecular complexity index is 751. The van der Waals surface area contributed by atoms with Crippen LogP contribution in [0.1, 0.15) is 16.7 Å². The fourth-order valence-corrected chi connectivity index (χ4v) is 4.26. The highest BCUT2D eigenvalue weighted by molar-refractivity contribution is 7.98. The van der Waals surface area contributed by atoms with Crippen molar-refractivity contribution in [1.29, 1.82) is 0 Å². The van der Waals surface area contributed by atoms with Crippen LogP contribution in [-0.4, -0.2) is 30.8 Å². The van der Waals surface area contributed by atoms with Crippen LogP contribution in [0, 0.1) is 0 Å². The smallest absolute Gasteiger partial charge is 0.361 e. The van der Waals surface area contributed by atoms with Crippen molar-refractivity contribution in [2.24, 2.45) is 0 Å². The zero-order chi connectivity index (χ0) is 18.6. The van der Waals surface area contributed by atoms with E-state index in [1.165, 1.54) is 11.1 Å². The number of nitrogens with one attached hydrogen (secondary N) is 2. The fourth-order valence-electron chi connectivity index (χ4n) is 2.83. The third kappa shape index (κ3) is 5.28. The van der Waals surface area contributed by atoms with Gasteiger partial charge < -0.3 is 10.6 Å². The van der Waals surface area contributed by atoms with Crippen LogP contribution in [0.3, 0.4) is 0 Å². The quantitative estimate of drug-likeness (QED) is 0.713. The van der Waals surface area contributed by atoms with Crippen molar-refractivity contribution < 1.29 is 13.2 Å². The van der Waals surface area contributed by atoms with Gasteiger partial charge in [-0.25, -0.2) is 4.98 Å². The molecule has 0 fully saturated rings. The average molecular weight is 402 g/mol. The van der Waals surface area contributed by atoms with Gasteiger partial charge in [-0.2, -0.15) is 13.2 Å². The Morgan fingerprint density at radius 1 is 1.15 bits per heavy atom. The Morgan fingerprint density at radius 2 is 1.96 bits per heavy atom. The van der Waals surface area contributed by atoms with Gasteiger partial charge in [-0.05, 0) is 54.8 Å². The largest absolute Gasteiger partial charge is 0.405 e. The first-order valence-corrected chi connectivity index (χ1v) is 9.68. The molecule has 1 aliphatic rings. The summed E-state index contributed by atoms with van der Waals surface area (Å²) in [5, 5.41) is 6.41. The molecule has 1 aromatic carbocycles. The predicted octanol–water partition coefficient (Wildman–Crippen LogP) is 4.69. The summed E-state index contributed by atoms with van der Waals surface area (Å²) in [6, 6.07) is 7.39. The lowest BCUT2D eigenvalue weighted by Crippen LogP contribution is -2.21. The van der Waals surface area contributed by atoms with Gasteiger partial charge in [0, 0.05) is 16.8 Å². The van der Waals surface area contributed by atoms with E-state index in [0.29, 0.717) is 5.75 Å². The zero-order valence-corrected chi connectivity index (χ0v) is 15.6. The lowest BCUT2D eigenvalue weighted by atomic mass is 10.0. The molecule has 0 saturated heterocycles. The van der Waals surface area contributed by atoms with E-state index in [1.54, 1.807) is 30.1 Å². The van der Waals surface area contributed by atoms with Gasteiger partial charge in [-0.15, -0.1) is 11.8 Å². The molecule has 8 heteroatoms. The molecule has 26 heavy (non-hydrogen) atoms. The molecule has 3 rings (SSSR count). The van der Waals surface area contributed by atoms with Gasteiger partial charge in [-0.3, -0.25) is 0 Å². The standard InChI is InChI=1S/C18H19ClF3N3S/c19-15-3-2-13-5-7-23-8-6-14(13)17(15)26-10-12-1-4-16(24-9-12)25-11-18(20,21)22/h1-4,9,23H,5-8,10-11H2,(H,24,25). The number of hydrogen-bond acceptors (Lipinski definition) is 4. The molecule has 0 bridgehead atoms. The number of anilines is 1. The second kappa shape index (κ2) is 8.50. The van der Waals surface area contributed by atoms with Gasteiger partial charge in [0.15, 0.2) is 0 Å². The molecule has 0 atom stereocenters. The number of thioether (sulfide) groups is 1. The van der Waals surface area contributed by atoms with E-state index in [2.05, 4.69) is 21.7 Å². The van der Waals surface area contributed by atoms with E-state index in [1.807, 2.05) is 6.07 Å². The zero-order valence-electron chi connectivity index (χ0n) is 14.0. The van der Waals surface area contributed by atoms with Crippen molar-refractivity contribution >= 4 is 29.2 Å². The van der Waals surface area contributed by atoms with Crippen LogP contribution < -0.4 is 10.6 Å². The fraction of sp³-hybridized carbons (Fsp3) is 0.389. The van der Waals surface area contributed by atoms with Gasteiger partial charge in [0.1, 0.15) is 12.4 Å². The number of hydrogen-bond donors (Lipinski definition) is 2. The minimum atomic E-state index is -4.26. The average Bonchev–Trinajstić information content (AvgIpc) is 2.85. The molecule has 1 aromatic heterocycles. The first-order chi connectivity index (χ1) is 12.4. The summed E-state index contributed by atoms with van der Waals surface area (Å²) in [6.07, 6.45) is -0.729. The Hall–Kier alpha value is -1.44. The van der Waals surface area contributed by atoms with Gasteiger partial charge in [0.2, 0.25) is 0 Å². The number of halogens is 4. The number of benzene rings is 1. The molecule has 0 aliphatic carbocycles. The van der Waals surface area contributed by atoms with Crippen LogP contribution in [0.25, 0.3) is 0 Å². The van der Waals surface area contributed by atoms with Crippen LogP contribution in [-0.2, 0) is 18.6 Å². The number of rotatable bonds is 5. The van der Waals surface area contributed by atoms with Crippen molar-refractivity contribution in [2.75, 3.05) is 25.0 Å². The Labute approximate surface area is 159 Å². The Balaban J connectivity index is 1.66. The number of aromatic nitrogens is 1. The molecule has 2 N–H and O–H groups in total. The van der Waals surface area contributed by atoms with Crippen LogP contribution in [0.15, 0.2) is 35.4 Å². The summed E-state index contributed by atoms with van der Waals surface area (Å²) in [5.74, 6) is 0.879. The number of fused-ring (bicyclic) bond motifs is 1. The molecule has 3 nitrogen and oxygen atoms in total. The predicted molar refractivity (Wildman–Crippen MR) is 100 cm³/mol. The summed E-state index contributed by atoms with van der Waals surface area (Å²) in [5.41, 5.74) is 3.56. The van der Waals surface area contributed by atoms with Crippen LogP contribution >= 0.6 is 23.4 Å². The molecular weight excluding hydrogens is 383 g/mol. The van der Waals surface area contributed by atoms with Crippen molar-refractivity contribution in [3.8, 4) is 0 Å². The van der Waals surface area contributed by atoms with E-state index in [4.69, 9.17) is 11.6 Å². The van der Waals surface area contributed by atoms with E-state index in [-0.39, 0.29) is 5.82 Å². The van der Waals surface area contributed by atoms with Gasteiger partial charge >= 0.3 is 6.18 Å². The second-order valence-electron chi connectivity index (χ2n) is 6.07. The first-order valence-electron chi connectivity index (χ1n) is 8.32. The summed E-state index contributed by atoms with van der Waals surface area (Å²) < 4.78 is 36.7. The van der Waals surface area contributed by atoms with Gasteiger partial charge in [-0.1, -0.05) is 23.7 Å². The van der Waals surface area contributed by atoms with Crippen LogP contribution in [0.5, 0.6) is 0 Å². The lowest BCUT2D eigenvalue weighted by molar-refractivity contribution is -0.115. The lowest BCUT2D eigenvalue weighted by Gasteiger charge is -2.14. The molecule has 1 aliphatic heterocycles. The number of pyridine rings is 1. The maximum atomic E-state index is 12.2. The van der Waals surface area contributed by atoms with Crippen molar-refractivity contribution in [2.45, 2.75) is 29.7 Å². The summed E-state index contributed by atoms with van der Waals surface area (Å²) in [4.78, 5) is 5.14. The molecule has 2 aromatic rings. The maximum absolute atomic E-state index is 12.2. The van der Waals surface area contributed by atoms with E-state index in [0.717, 1.165) is 41.4 Å². The van der Waals surface area contributed by atoms with E-state index < -0.39 is 12.7 Å². The molecular formula is C18H19ClF3N3S. The normalized spacial score (nSPS) is 14.6. The highest BCUT2D eigenvalue weighted by Crippen LogP contribution is 2.36. The third-order valence-corrected chi connectivity index (χ3v) is 5.77. The van der Waals surface area contributed by atoms with Crippen molar-refractivity contribution in [3.63, 3.8) is 0 Å². The minimum Gasteiger partial charge on any atom is -0.361 e. The summed E-state index contributed by atoms with van der Waals surface area (Å²) in [7, 11) is 0. The molecule has 0 radical (unpaired) electrons. The molecule has 0 unspecified atom stereocenters. The molecule has 2 heterocycles. The molecule has 0 spiro atoms. The maximum Gasteiger partial charge on any atom is 0.405 e. The number of alkyl halides is 3. The molecule has 140 valence electrons. The van der Waals surface area contributed by atoms with E-state index >= 15 is 0 Å². The third-order valence-electron chi connectivity index (χ3n) is 4.11. The first kappa shape index (κ1) is 19.3. The highest BCUT2D eigenvalue weighted by atomic mass is 35.5. The van der Waals surface area contributed by atoms with Gasteiger partial charge in [0.25, 0.3) is 0 Å². The molecule has 0 amide bonds. The van der Waals surface area contributed by atoms with Crippen molar-refractivity contribution in [1.82, 2.24) is 10.3 Å². The monoisotopic (exact) mass is 401 g/mol. The van der Waals surface area contributed by atoms with Crippen molar-refractivity contribution in [3.05, 3.63) is 52.2 Å². The summed E-state index contributed by atoms with van der Waals surface area (Å²) in [6.45, 7) is 0.810. The summed E-state index contributed by atoms with van der Waals surface area (Å²) >= 11 is 8.06. The SMILES string of the molecule is FC(F)(F)CNc1ccc(CSc2c(Cl)ccc3c2CCNCC3)cn1. The van der Waals surface area contributed by atoms with Crippen LogP contribution in [0.2, 0.25) is 5.02 Å². The highest BCUT2D eigenvalue weighted by Gasteiger charge is 2.26. The minimum absolute atomic E-state index is 0.216. The second-order valence-corrected chi connectivity index (χ2v) is 7.47.